The van der Waals surface area contributed by atoms with E-state index in [0.717, 1.165) is 11.0 Å². The van der Waals surface area contributed by atoms with Crippen LogP contribution in [0.5, 0.6) is 0 Å². The largest absolute Gasteiger partial charge is 0.369 e. The second-order valence-corrected chi connectivity index (χ2v) is 10.2. The number of amides is 2. The van der Waals surface area contributed by atoms with Gasteiger partial charge in [-0.05, 0) is 24.3 Å². The van der Waals surface area contributed by atoms with Crippen LogP contribution in [0.1, 0.15) is 0 Å². The number of sulfone groups is 1. The zero-order valence-electron chi connectivity index (χ0n) is 16.3. The van der Waals surface area contributed by atoms with Gasteiger partial charge in [0.2, 0.25) is 0 Å². The second kappa shape index (κ2) is 7.10. The molecule has 0 aliphatic carbocycles. The summed E-state index contributed by atoms with van der Waals surface area (Å²) in [5, 5.41) is 2.18. The minimum Gasteiger partial charge on any atom is -0.369 e. The first-order valence-corrected chi connectivity index (χ1v) is 11.5. The molecule has 0 bridgehead atoms. The van der Waals surface area contributed by atoms with Crippen molar-refractivity contribution in [3.8, 4) is 0 Å². The Morgan fingerprint density at radius 3 is 2.63 bits per heavy atom. The van der Waals surface area contributed by atoms with Crippen molar-refractivity contribution in [2.75, 3.05) is 30.8 Å². The Kier molecular flexibility index (Phi) is 4.52. The van der Waals surface area contributed by atoms with Crippen LogP contribution in [0.15, 0.2) is 60.9 Å². The zero-order chi connectivity index (χ0) is 20.8. The summed E-state index contributed by atoms with van der Waals surface area (Å²) < 4.78 is 33.8. The van der Waals surface area contributed by atoms with Crippen LogP contribution < -0.4 is 5.32 Å². The van der Waals surface area contributed by atoms with E-state index in [-0.39, 0.29) is 31.5 Å². The molecule has 5 rings (SSSR count). The zero-order valence-corrected chi connectivity index (χ0v) is 17.1. The van der Waals surface area contributed by atoms with Gasteiger partial charge in [0.1, 0.15) is 10.9 Å². The third-order valence-electron chi connectivity index (χ3n) is 5.75. The van der Waals surface area contributed by atoms with Crippen molar-refractivity contribution in [1.29, 1.82) is 0 Å². The van der Waals surface area contributed by atoms with E-state index in [9.17, 15) is 13.2 Å². The highest BCUT2D eigenvalue weighted by atomic mass is 32.2. The number of ether oxygens (including phenoxy) is 1. The average molecular weight is 426 g/mol. The first kappa shape index (κ1) is 19.1. The number of carbonyl (C=O) groups is 1. The first-order chi connectivity index (χ1) is 14.4. The molecule has 1 N–H and O–H groups in total. The van der Waals surface area contributed by atoms with Crippen LogP contribution in [-0.2, 0) is 21.1 Å². The molecular formula is C21H22N4O4S. The summed E-state index contributed by atoms with van der Waals surface area (Å²) in [6.07, 6.45) is 1.67. The summed E-state index contributed by atoms with van der Waals surface area (Å²) in [5.41, 5.74) is 1.64. The number of imidazole rings is 1. The van der Waals surface area contributed by atoms with E-state index in [1.165, 1.54) is 0 Å². The van der Waals surface area contributed by atoms with E-state index in [4.69, 9.17) is 4.74 Å². The highest BCUT2D eigenvalue weighted by Crippen LogP contribution is 2.33. The molecule has 9 heteroatoms. The number of anilines is 1. The number of hydrogen-bond donors (Lipinski definition) is 1. The van der Waals surface area contributed by atoms with E-state index < -0.39 is 20.7 Å². The fourth-order valence-corrected chi connectivity index (χ4v) is 6.04. The van der Waals surface area contributed by atoms with Crippen LogP contribution in [0, 0.1) is 0 Å². The van der Waals surface area contributed by atoms with Crippen molar-refractivity contribution in [1.82, 2.24) is 14.5 Å². The van der Waals surface area contributed by atoms with Crippen molar-refractivity contribution in [3.05, 3.63) is 60.9 Å². The molecule has 156 valence electrons. The predicted molar refractivity (Wildman–Crippen MR) is 113 cm³/mol. The van der Waals surface area contributed by atoms with Crippen molar-refractivity contribution < 1.29 is 17.9 Å². The van der Waals surface area contributed by atoms with Gasteiger partial charge in [-0.25, -0.2) is 18.2 Å². The van der Waals surface area contributed by atoms with Gasteiger partial charge in [0.15, 0.2) is 9.84 Å². The third-order valence-corrected chi connectivity index (χ3v) is 7.97. The van der Waals surface area contributed by atoms with E-state index in [1.54, 1.807) is 23.4 Å². The Morgan fingerprint density at radius 1 is 1.13 bits per heavy atom. The molecule has 2 amide bonds. The van der Waals surface area contributed by atoms with Crippen molar-refractivity contribution in [2.24, 2.45) is 0 Å². The average Bonchev–Trinajstić information content (AvgIpc) is 3.11. The van der Waals surface area contributed by atoms with Crippen LogP contribution in [0.2, 0.25) is 0 Å². The Hall–Kier alpha value is -2.91. The molecular weight excluding hydrogens is 404 g/mol. The van der Waals surface area contributed by atoms with Gasteiger partial charge in [-0.2, -0.15) is 0 Å². The van der Waals surface area contributed by atoms with Crippen LogP contribution in [0.25, 0.3) is 11.0 Å². The summed E-state index contributed by atoms with van der Waals surface area (Å²) in [4.78, 5) is 18.3. The van der Waals surface area contributed by atoms with Crippen LogP contribution in [-0.4, -0.2) is 65.2 Å². The van der Waals surface area contributed by atoms with E-state index >= 15 is 0 Å². The van der Waals surface area contributed by atoms with Crippen LogP contribution in [0.3, 0.4) is 0 Å². The Morgan fingerprint density at radius 2 is 1.87 bits per heavy atom. The fourth-order valence-electron chi connectivity index (χ4n) is 4.14. The molecule has 1 aromatic heterocycles. The number of para-hydroxylation sites is 3. The fraction of sp³-hybridized carbons (Fsp3) is 0.333. The molecule has 8 nitrogen and oxygen atoms in total. The number of aromatic nitrogens is 2. The number of likely N-dealkylation sites (tertiary alicyclic amines) is 1. The topological polar surface area (TPSA) is 93.5 Å². The van der Waals surface area contributed by atoms with Gasteiger partial charge in [-0.1, -0.05) is 30.3 Å². The molecule has 1 spiro atoms. The summed E-state index contributed by atoms with van der Waals surface area (Å²) >= 11 is 0. The third kappa shape index (κ3) is 3.44. The number of hydrogen-bond acceptors (Lipinski definition) is 5. The van der Waals surface area contributed by atoms with Crippen LogP contribution in [0.4, 0.5) is 10.5 Å². The first-order valence-electron chi connectivity index (χ1n) is 9.81. The molecule has 2 saturated heterocycles. The summed E-state index contributed by atoms with van der Waals surface area (Å²) in [7, 11) is -3.38. The molecule has 2 aromatic carbocycles. The molecule has 2 fully saturated rings. The normalized spacial score (nSPS) is 22.0. The van der Waals surface area contributed by atoms with Gasteiger partial charge >= 0.3 is 6.03 Å². The molecule has 30 heavy (non-hydrogen) atoms. The monoisotopic (exact) mass is 426 g/mol. The lowest BCUT2D eigenvalue weighted by atomic mass is 9.96. The van der Waals surface area contributed by atoms with Gasteiger partial charge in [0, 0.05) is 12.2 Å². The Balaban J connectivity index is 1.23. The summed E-state index contributed by atoms with van der Waals surface area (Å²) in [6.45, 7) is 0.956. The molecule has 0 radical (unpaired) electrons. The second-order valence-electron chi connectivity index (χ2n) is 7.96. The van der Waals surface area contributed by atoms with E-state index in [0.29, 0.717) is 12.2 Å². The smallest absolute Gasteiger partial charge is 0.322 e. The summed E-state index contributed by atoms with van der Waals surface area (Å²) in [5.74, 6) is -0.0770. The molecule has 3 heterocycles. The minimum atomic E-state index is -3.38. The molecule has 0 unspecified atom stereocenters. The number of nitrogens with zero attached hydrogens (tertiary/aromatic N) is 3. The van der Waals surface area contributed by atoms with Crippen molar-refractivity contribution >= 4 is 32.6 Å². The van der Waals surface area contributed by atoms with Gasteiger partial charge in [0.05, 0.1) is 42.8 Å². The molecule has 1 atom stereocenters. The number of benzene rings is 2. The maximum absolute atomic E-state index is 13.0. The van der Waals surface area contributed by atoms with Gasteiger partial charge in [-0.15, -0.1) is 0 Å². The number of nitrogens with one attached hydrogen (secondary N) is 1. The Bertz CT molecular complexity index is 1190. The molecule has 0 saturated carbocycles. The molecule has 2 aliphatic heterocycles. The SMILES string of the molecule is O=C(Nc1ccccc1)N1CC2(C1)CS(=O)(=O)[C@@H](Cn1cnc3ccccc31)CO2. The number of fused-ring (bicyclic) bond motifs is 1. The summed E-state index contributed by atoms with van der Waals surface area (Å²) in [6, 6.07) is 16.6. The highest BCUT2D eigenvalue weighted by Gasteiger charge is 2.53. The van der Waals surface area contributed by atoms with E-state index in [1.807, 2.05) is 47.0 Å². The highest BCUT2D eigenvalue weighted by molar-refractivity contribution is 7.92. The number of rotatable bonds is 3. The minimum absolute atomic E-state index is 0.0770. The number of carbonyl (C=O) groups excluding carboxylic acids is 1. The van der Waals surface area contributed by atoms with Gasteiger partial charge < -0.3 is 19.5 Å². The molecule has 3 aromatic rings. The van der Waals surface area contributed by atoms with Gasteiger partial charge in [0.25, 0.3) is 0 Å². The van der Waals surface area contributed by atoms with Gasteiger partial charge in [-0.3, -0.25) is 0 Å². The predicted octanol–water partition coefficient (Wildman–Crippen LogP) is 2.14. The Labute approximate surface area is 174 Å². The lowest BCUT2D eigenvalue weighted by molar-refractivity contribution is -0.117. The lowest BCUT2D eigenvalue weighted by Crippen LogP contribution is -2.71. The quantitative estimate of drug-likeness (QED) is 0.693. The standard InChI is InChI=1S/C21H22N4O4S/c26-20(23-16-6-2-1-3-7-16)25-12-21(13-25)14-30(27,28)17(11-29-21)10-24-15-22-18-8-4-5-9-19(18)24/h1-9,15,17H,10-14H2,(H,23,26)/t17-/m0/s1. The van der Waals surface area contributed by atoms with E-state index in [2.05, 4.69) is 10.3 Å². The maximum atomic E-state index is 13.0. The maximum Gasteiger partial charge on any atom is 0.322 e. The number of urea groups is 1. The van der Waals surface area contributed by atoms with Crippen LogP contribution >= 0.6 is 0 Å². The van der Waals surface area contributed by atoms with Crippen molar-refractivity contribution in [3.63, 3.8) is 0 Å². The molecule has 2 aliphatic rings. The van der Waals surface area contributed by atoms with Crippen molar-refractivity contribution in [2.45, 2.75) is 17.4 Å². The lowest BCUT2D eigenvalue weighted by Gasteiger charge is -2.51.